The molecule has 0 atom stereocenters. The van der Waals surface area contributed by atoms with Crippen molar-refractivity contribution in [3.8, 4) is 11.5 Å². The van der Waals surface area contributed by atoms with Gasteiger partial charge in [0.2, 0.25) is 0 Å². The zero-order chi connectivity index (χ0) is 22.4. The van der Waals surface area contributed by atoms with Gasteiger partial charge in [-0.25, -0.2) is 14.4 Å². The lowest BCUT2D eigenvalue weighted by atomic mass is 9.82. The molecule has 1 fully saturated rings. The van der Waals surface area contributed by atoms with Gasteiger partial charge in [0.25, 0.3) is 0 Å². The fraction of sp³-hybridized carbons (Fsp3) is 0.375. The second kappa shape index (κ2) is 10.1. The van der Waals surface area contributed by atoms with Crippen molar-refractivity contribution in [1.29, 1.82) is 0 Å². The molecule has 0 saturated heterocycles. The number of hydrogen-bond donors (Lipinski definition) is 0. The molecule has 0 amide bonds. The van der Waals surface area contributed by atoms with Crippen molar-refractivity contribution < 1.29 is 28.6 Å². The maximum atomic E-state index is 12.1. The van der Waals surface area contributed by atoms with Crippen molar-refractivity contribution in [1.82, 2.24) is 0 Å². The maximum absolute atomic E-state index is 12.1. The zero-order valence-electron chi connectivity index (χ0n) is 17.8. The van der Waals surface area contributed by atoms with E-state index in [9.17, 15) is 14.4 Å². The molecular weight excluding hydrogens is 384 g/mol. The van der Waals surface area contributed by atoms with E-state index < -0.39 is 11.9 Å². The van der Waals surface area contributed by atoms with Gasteiger partial charge in [0.1, 0.15) is 17.6 Å². The Morgan fingerprint density at radius 1 is 0.800 bits per heavy atom. The van der Waals surface area contributed by atoms with E-state index in [1.165, 1.54) is 6.07 Å². The summed E-state index contributed by atoms with van der Waals surface area (Å²) < 4.78 is 16.2. The van der Waals surface area contributed by atoms with Gasteiger partial charge in [0.15, 0.2) is 0 Å². The summed E-state index contributed by atoms with van der Waals surface area (Å²) in [6, 6.07) is 5.00. The van der Waals surface area contributed by atoms with Gasteiger partial charge in [-0.1, -0.05) is 25.8 Å². The number of hydrogen-bond acceptors (Lipinski definition) is 6. The first-order valence-electron chi connectivity index (χ1n) is 9.84. The van der Waals surface area contributed by atoms with Crippen LogP contribution in [0.2, 0.25) is 0 Å². The number of esters is 3. The molecule has 2 rings (SSSR count). The molecule has 0 spiro atoms. The van der Waals surface area contributed by atoms with Crippen LogP contribution in [0.5, 0.6) is 11.5 Å². The van der Waals surface area contributed by atoms with E-state index in [2.05, 4.69) is 19.7 Å². The SMILES string of the molecule is C=C(C)C(=O)Oc1ccc(C2CCC(OC(=O)C(=C)C)CC2)c(OC(=O)C(=C)C)c1. The van der Waals surface area contributed by atoms with E-state index in [1.807, 2.05) is 0 Å². The predicted octanol–water partition coefficient (Wildman–Crippen LogP) is 4.80. The topological polar surface area (TPSA) is 78.9 Å². The van der Waals surface area contributed by atoms with Crippen molar-refractivity contribution >= 4 is 17.9 Å². The molecule has 6 heteroatoms. The van der Waals surface area contributed by atoms with Gasteiger partial charge in [-0.05, 0) is 64.0 Å². The molecule has 0 heterocycles. The largest absolute Gasteiger partial charge is 0.459 e. The highest BCUT2D eigenvalue weighted by atomic mass is 16.6. The zero-order valence-corrected chi connectivity index (χ0v) is 17.8. The quantitative estimate of drug-likeness (QED) is 0.364. The number of carbonyl (C=O) groups excluding carboxylic acids is 3. The van der Waals surface area contributed by atoms with Crippen LogP contribution in [0.25, 0.3) is 0 Å². The normalized spacial score (nSPS) is 18.1. The lowest BCUT2D eigenvalue weighted by molar-refractivity contribution is -0.145. The number of rotatable bonds is 7. The molecule has 0 bridgehead atoms. The lowest BCUT2D eigenvalue weighted by Crippen LogP contribution is -2.24. The van der Waals surface area contributed by atoms with Crippen LogP contribution in [-0.4, -0.2) is 24.0 Å². The van der Waals surface area contributed by atoms with E-state index >= 15 is 0 Å². The highest BCUT2D eigenvalue weighted by Crippen LogP contribution is 2.40. The Morgan fingerprint density at radius 3 is 1.87 bits per heavy atom. The Bertz CT molecular complexity index is 887. The summed E-state index contributed by atoms with van der Waals surface area (Å²) in [5, 5.41) is 0. The molecule has 0 aromatic heterocycles. The summed E-state index contributed by atoms with van der Waals surface area (Å²) in [5.74, 6) is -0.775. The summed E-state index contributed by atoms with van der Waals surface area (Å²) in [5.41, 5.74) is 1.75. The number of ether oxygens (including phenoxy) is 3. The average Bonchev–Trinajstić information content (AvgIpc) is 2.68. The number of carbonyl (C=O) groups is 3. The van der Waals surface area contributed by atoms with Gasteiger partial charge < -0.3 is 14.2 Å². The van der Waals surface area contributed by atoms with Crippen LogP contribution in [-0.2, 0) is 19.1 Å². The smallest absolute Gasteiger partial charge is 0.338 e. The molecule has 1 aliphatic rings. The Labute approximate surface area is 177 Å². The third-order valence-electron chi connectivity index (χ3n) is 4.83. The van der Waals surface area contributed by atoms with Crippen molar-refractivity contribution in [3.05, 3.63) is 60.2 Å². The van der Waals surface area contributed by atoms with Crippen molar-refractivity contribution in [2.75, 3.05) is 0 Å². The third-order valence-corrected chi connectivity index (χ3v) is 4.83. The summed E-state index contributed by atoms with van der Waals surface area (Å²) in [6.07, 6.45) is 2.77. The molecule has 6 nitrogen and oxygen atoms in total. The second-order valence-corrected chi connectivity index (χ2v) is 7.70. The fourth-order valence-corrected chi connectivity index (χ4v) is 3.13. The van der Waals surface area contributed by atoms with Crippen molar-refractivity contribution in [2.24, 2.45) is 0 Å². The van der Waals surface area contributed by atoms with Crippen LogP contribution in [0, 0.1) is 0 Å². The first kappa shape index (κ1) is 23.1. The summed E-state index contributed by atoms with van der Waals surface area (Å²) in [7, 11) is 0. The molecule has 1 saturated carbocycles. The van der Waals surface area contributed by atoms with Crippen molar-refractivity contribution in [3.63, 3.8) is 0 Å². The molecular formula is C24H28O6. The van der Waals surface area contributed by atoms with E-state index in [-0.39, 0.29) is 34.9 Å². The fourth-order valence-electron chi connectivity index (χ4n) is 3.13. The standard InChI is InChI=1S/C24H28O6/c1-14(2)22(25)28-18-9-7-17(8-10-18)20-12-11-19(29-23(26)15(3)4)13-21(20)30-24(27)16(5)6/h11-13,17-18H,1,3,5,7-10H2,2,4,6H3. The van der Waals surface area contributed by atoms with Crippen LogP contribution in [0.3, 0.4) is 0 Å². The van der Waals surface area contributed by atoms with Gasteiger partial charge >= 0.3 is 17.9 Å². The van der Waals surface area contributed by atoms with E-state index in [0.29, 0.717) is 24.2 Å². The molecule has 1 aromatic rings. The van der Waals surface area contributed by atoms with E-state index in [0.717, 1.165) is 18.4 Å². The Morgan fingerprint density at radius 2 is 1.33 bits per heavy atom. The molecule has 0 unspecified atom stereocenters. The Kier molecular flexibility index (Phi) is 7.75. The highest BCUT2D eigenvalue weighted by Gasteiger charge is 2.28. The van der Waals surface area contributed by atoms with Gasteiger partial charge in [-0.3, -0.25) is 0 Å². The minimum Gasteiger partial charge on any atom is -0.459 e. The van der Waals surface area contributed by atoms with Crippen LogP contribution < -0.4 is 9.47 Å². The molecule has 0 aliphatic heterocycles. The average molecular weight is 412 g/mol. The van der Waals surface area contributed by atoms with Crippen LogP contribution in [0.15, 0.2) is 54.7 Å². The first-order valence-corrected chi connectivity index (χ1v) is 9.84. The second-order valence-electron chi connectivity index (χ2n) is 7.70. The lowest BCUT2D eigenvalue weighted by Gasteiger charge is -2.29. The molecule has 160 valence electrons. The first-order chi connectivity index (χ1) is 14.1. The molecule has 1 aliphatic carbocycles. The molecule has 30 heavy (non-hydrogen) atoms. The predicted molar refractivity (Wildman–Crippen MR) is 113 cm³/mol. The van der Waals surface area contributed by atoms with E-state index in [1.54, 1.807) is 32.9 Å². The number of benzene rings is 1. The summed E-state index contributed by atoms with van der Waals surface area (Å²) >= 11 is 0. The third kappa shape index (κ3) is 6.17. The highest BCUT2D eigenvalue weighted by molar-refractivity contribution is 5.90. The summed E-state index contributed by atoms with van der Waals surface area (Å²) in [4.78, 5) is 35.7. The minimum absolute atomic E-state index is 0.114. The van der Waals surface area contributed by atoms with Gasteiger partial charge in [-0.2, -0.15) is 0 Å². The molecule has 0 radical (unpaired) electrons. The Hall–Kier alpha value is -3.15. The maximum Gasteiger partial charge on any atom is 0.338 e. The van der Waals surface area contributed by atoms with Gasteiger partial charge in [0, 0.05) is 22.8 Å². The minimum atomic E-state index is -0.556. The van der Waals surface area contributed by atoms with Crippen molar-refractivity contribution in [2.45, 2.75) is 58.5 Å². The molecule has 0 N–H and O–H groups in total. The molecule has 1 aromatic carbocycles. The van der Waals surface area contributed by atoms with Crippen LogP contribution >= 0.6 is 0 Å². The Balaban J connectivity index is 2.19. The van der Waals surface area contributed by atoms with Gasteiger partial charge in [-0.15, -0.1) is 0 Å². The summed E-state index contributed by atoms with van der Waals surface area (Å²) in [6.45, 7) is 15.5. The van der Waals surface area contributed by atoms with Crippen LogP contribution in [0.1, 0.15) is 57.9 Å². The van der Waals surface area contributed by atoms with Crippen LogP contribution in [0.4, 0.5) is 0 Å². The van der Waals surface area contributed by atoms with Gasteiger partial charge in [0.05, 0.1) is 0 Å². The van der Waals surface area contributed by atoms with E-state index in [4.69, 9.17) is 14.2 Å². The monoisotopic (exact) mass is 412 g/mol.